The first-order chi connectivity index (χ1) is 12.9. The summed E-state index contributed by atoms with van der Waals surface area (Å²) in [7, 11) is 0. The molecule has 1 saturated heterocycles. The molecule has 1 atom stereocenters. The number of carbonyl (C=O) groups excluding carboxylic acids is 2. The Labute approximate surface area is 162 Å². The number of hydrogen-bond acceptors (Lipinski definition) is 4. The Hall–Kier alpha value is -1.69. The lowest BCUT2D eigenvalue weighted by atomic mass is 10.1. The molecule has 0 bridgehead atoms. The standard InChI is InChI=1S/C21H34N4O2/c1-15(25-17(3)21(18(4)26)16(2)22-25)14-20(27)24-11-7-10-23(12-13-24)19-8-5-6-9-19/h15,19H,5-14H2,1-4H3/t15-/m0/s1. The maximum Gasteiger partial charge on any atom is 0.224 e. The Morgan fingerprint density at radius 3 is 2.41 bits per heavy atom. The van der Waals surface area contributed by atoms with E-state index in [1.807, 2.05) is 30.4 Å². The molecule has 0 radical (unpaired) electrons. The summed E-state index contributed by atoms with van der Waals surface area (Å²) >= 11 is 0. The van der Waals surface area contributed by atoms with E-state index >= 15 is 0 Å². The molecule has 2 heterocycles. The maximum atomic E-state index is 12.9. The Morgan fingerprint density at radius 2 is 1.78 bits per heavy atom. The number of rotatable bonds is 5. The van der Waals surface area contributed by atoms with Crippen LogP contribution in [-0.4, -0.2) is 63.5 Å². The summed E-state index contributed by atoms with van der Waals surface area (Å²) in [6, 6.07) is 0.692. The number of amides is 1. The van der Waals surface area contributed by atoms with Crippen molar-refractivity contribution >= 4 is 11.7 Å². The number of aryl methyl sites for hydroxylation is 1. The lowest BCUT2D eigenvalue weighted by Crippen LogP contribution is -2.39. The van der Waals surface area contributed by atoms with E-state index in [2.05, 4.69) is 10.00 Å². The molecule has 0 unspecified atom stereocenters. The second-order valence-corrected chi connectivity index (χ2v) is 8.31. The zero-order valence-corrected chi connectivity index (χ0v) is 17.3. The van der Waals surface area contributed by atoms with Crippen LogP contribution in [0.4, 0.5) is 0 Å². The van der Waals surface area contributed by atoms with Crippen molar-refractivity contribution in [1.82, 2.24) is 19.6 Å². The van der Waals surface area contributed by atoms with Crippen LogP contribution in [0.5, 0.6) is 0 Å². The fraction of sp³-hybridized carbons (Fsp3) is 0.762. The number of hydrogen-bond donors (Lipinski definition) is 0. The zero-order chi connectivity index (χ0) is 19.6. The van der Waals surface area contributed by atoms with Gasteiger partial charge in [0.25, 0.3) is 0 Å². The number of carbonyl (C=O) groups is 2. The zero-order valence-electron chi connectivity index (χ0n) is 17.3. The molecule has 0 spiro atoms. The average molecular weight is 375 g/mol. The van der Waals surface area contributed by atoms with Crippen LogP contribution in [0.2, 0.25) is 0 Å². The van der Waals surface area contributed by atoms with Crippen molar-refractivity contribution in [2.45, 2.75) is 78.3 Å². The predicted molar refractivity (Wildman–Crippen MR) is 106 cm³/mol. The largest absolute Gasteiger partial charge is 0.341 e. The van der Waals surface area contributed by atoms with Gasteiger partial charge in [-0.3, -0.25) is 19.2 Å². The highest BCUT2D eigenvalue weighted by Gasteiger charge is 2.27. The van der Waals surface area contributed by atoms with Crippen LogP contribution >= 0.6 is 0 Å². The van der Waals surface area contributed by atoms with Crippen LogP contribution in [0.15, 0.2) is 0 Å². The third-order valence-corrected chi connectivity index (χ3v) is 6.29. The topological polar surface area (TPSA) is 58.4 Å². The summed E-state index contributed by atoms with van der Waals surface area (Å²) in [5, 5.41) is 4.53. The molecule has 2 aliphatic rings. The van der Waals surface area contributed by atoms with Crippen LogP contribution in [0, 0.1) is 13.8 Å². The summed E-state index contributed by atoms with van der Waals surface area (Å²) in [5.41, 5.74) is 2.31. The van der Waals surface area contributed by atoms with Gasteiger partial charge in [0.1, 0.15) is 0 Å². The fourth-order valence-electron chi connectivity index (χ4n) is 4.89. The van der Waals surface area contributed by atoms with Gasteiger partial charge in [-0.2, -0.15) is 5.10 Å². The summed E-state index contributed by atoms with van der Waals surface area (Å²) < 4.78 is 1.85. The molecule has 1 saturated carbocycles. The Bertz CT molecular complexity index is 691. The first-order valence-corrected chi connectivity index (χ1v) is 10.5. The molecule has 1 aliphatic heterocycles. The highest BCUT2D eigenvalue weighted by Crippen LogP contribution is 2.25. The minimum atomic E-state index is -0.0431. The normalized spacial score (nSPS) is 20.7. The quantitative estimate of drug-likeness (QED) is 0.743. The molecule has 1 aromatic rings. The molecule has 2 fully saturated rings. The molecule has 1 aliphatic carbocycles. The third kappa shape index (κ3) is 4.42. The van der Waals surface area contributed by atoms with Crippen molar-refractivity contribution in [3.05, 3.63) is 17.0 Å². The van der Waals surface area contributed by atoms with Gasteiger partial charge in [-0.05, 0) is 47.0 Å². The molecule has 1 amide bonds. The van der Waals surface area contributed by atoms with Crippen LogP contribution < -0.4 is 0 Å². The van der Waals surface area contributed by atoms with E-state index in [0.717, 1.165) is 50.0 Å². The van der Waals surface area contributed by atoms with E-state index in [4.69, 9.17) is 0 Å². The van der Waals surface area contributed by atoms with E-state index in [9.17, 15) is 9.59 Å². The van der Waals surface area contributed by atoms with Gasteiger partial charge in [0.05, 0.1) is 17.3 Å². The molecule has 0 aromatic carbocycles. The van der Waals surface area contributed by atoms with Gasteiger partial charge >= 0.3 is 0 Å². The molecule has 6 heteroatoms. The second-order valence-electron chi connectivity index (χ2n) is 8.31. The predicted octanol–water partition coefficient (Wildman–Crippen LogP) is 3.13. The maximum absolute atomic E-state index is 12.9. The Kier molecular flexibility index (Phi) is 6.35. The third-order valence-electron chi connectivity index (χ3n) is 6.29. The van der Waals surface area contributed by atoms with Crippen LogP contribution in [0.1, 0.15) is 80.2 Å². The number of nitrogens with zero attached hydrogens (tertiary/aromatic N) is 4. The van der Waals surface area contributed by atoms with Crippen molar-refractivity contribution in [1.29, 1.82) is 0 Å². The SMILES string of the molecule is CC(=O)c1c(C)nn([C@@H](C)CC(=O)N2CCCN(C3CCCC3)CC2)c1C. The number of Topliss-reactive ketones (excluding diaryl/α,β-unsaturated/α-hetero) is 1. The molecule has 6 nitrogen and oxygen atoms in total. The van der Waals surface area contributed by atoms with Gasteiger partial charge < -0.3 is 4.90 Å². The number of aromatic nitrogens is 2. The first-order valence-electron chi connectivity index (χ1n) is 10.5. The average Bonchev–Trinajstić information content (AvgIpc) is 3.16. The van der Waals surface area contributed by atoms with E-state index < -0.39 is 0 Å². The first kappa shape index (κ1) is 20.1. The number of ketones is 1. The van der Waals surface area contributed by atoms with Crippen molar-refractivity contribution in [3.63, 3.8) is 0 Å². The van der Waals surface area contributed by atoms with Crippen LogP contribution in [0.25, 0.3) is 0 Å². The van der Waals surface area contributed by atoms with Crippen molar-refractivity contribution in [3.8, 4) is 0 Å². The lowest BCUT2D eigenvalue weighted by molar-refractivity contribution is -0.131. The lowest BCUT2D eigenvalue weighted by Gasteiger charge is -2.27. The van der Waals surface area contributed by atoms with Crippen LogP contribution in [-0.2, 0) is 4.79 Å². The highest BCUT2D eigenvalue weighted by atomic mass is 16.2. The summed E-state index contributed by atoms with van der Waals surface area (Å²) in [4.78, 5) is 29.4. The van der Waals surface area contributed by atoms with Crippen molar-refractivity contribution < 1.29 is 9.59 Å². The molecular weight excluding hydrogens is 340 g/mol. The molecule has 150 valence electrons. The van der Waals surface area contributed by atoms with Gasteiger partial charge in [0, 0.05) is 44.3 Å². The summed E-state index contributed by atoms with van der Waals surface area (Å²) in [6.07, 6.45) is 6.84. The minimum absolute atomic E-state index is 0.0364. The van der Waals surface area contributed by atoms with Crippen molar-refractivity contribution in [2.24, 2.45) is 0 Å². The van der Waals surface area contributed by atoms with Gasteiger partial charge in [0.15, 0.2) is 5.78 Å². The van der Waals surface area contributed by atoms with E-state index in [0.29, 0.717) is 12.0 Å². The van der Waals surface area contributed by atoms with E-state index in [-0.39, 0.29) is 17.7 Å². The summed E-state index contributed by atoms with van der Waals surface area (Å²) in [6.45, 7) is 11.2. The minimum Gasteiger partial charge on any atom is -0.341 e. The van der Waals surface area contributed by atoms with Crippen LogP contribution in [0.3, 0.4) is 0 Å². The Balaban J connectivity index is 1.60. The molecule has 27 heavy (non-hydrogen) atoms. The van der Waals surface area contributed by atoms with Crippen molar-refractivity contribution in [2.75, 3.05) is 26.2 Å². The summed E-state index contributed by atoms with van der Waals surface area (Å²) in [5.74, 6) is 0.238. The molecule has 1 aromatic heterocycles. The van der Waals surface area contributed by atoms with E-state index in [1.165, 1.54) is 25.7 Å². The second kappa shape index (κ2) is 8.55. The molecule has 0 N–H and O–H groups in total. The fourth-order valence-corrected chi connectivity index (χ4v) is 4.89. The Morgan fingerprint density at radius 1 is 1.07 bits per heavy atom. The highest BCUT2D eigenvalue weighted by molar-refractivity contribution is 5.96. The van der Waals surface area contributed by atoms with Gasteiger partial charge in [-0.1, -0.05) is 12.8 Å². The molecular formula is C21H34N4O2. The smallest absolute Gasteiger partial charge is 0.224 e. The van der Waals surface area contributed by atoms with Gasteiger partial charge in [-0.25, -0.2) is 0 Å². The van der Waals surface area contributed by atoms with E-state index in [1.54, 1.807) is 6.92 Å². The van der Waals surface area contributed by atoms with Gasteiger partial charge in [0.2, 0.25) is 5.91 Å². The monoisotopic (exact) mass is 374 g/mol. The molecule has 3 rings (SSSR count). The van der Waals surface area contributed by atoms with Gasteiger partial charge in [-0.15, -0.1) is 0 Å².